The van der Waals surface area contributed by atoms with E-state index in [-0.39, 0.29) is 11.7 Å². The summed E-state index contributed by atoms with van der Waals surface area (Å²) < 4.78 is 13.7. The van der Waals surface area contributed by atoms with Gasteiger partial charge in [-0.25, -0.2) is 4.39 Å². The van der Waals surface area contributed by atoms with Crippen molar-refractivity contribution in [3.8, 4) is 0 Å². The van der Waals surface area contributed by atoms with Gasteiger partial charge in [0, 0.05) is 6.04 Å². The summed E-state index contributed by atoms with van der Waals surface area (Å²) in [6.07, 6.45) is 2.11. The lowest BCUT2D eigenvalue weighted by atomic mass is 9.93. The number of hydrogen-bond donors (Lipinski definition) is 1. The Labute approximate surface area is 104 Å². The number of rotatable bonds is 6. The highest BCUT2D eigenvalue weighted by molar-refractivity contribution is 5.26. The van der Waals surface area contributed by atoms with Gasteiger partial charge in [0.15, 0.2) is 0 Å². The monoisotopic (exact) mass is 237 g/mol. The predicted molar refractivity (Wildman–Crippen MR) is 71.9 cm³/mol. The van der Waals surface area contributed by atoms with E-state index in [1.54, 1.807) is 6.07 Å². The third kappa shape index (κ3) is 4.47. The minimum Gasteiger partial charge on any atom is -0.314 e. The summed E-state index contributed by atoms with van der Waals surface area (Å²) in [5, 5.41) is 3.44. The summed E-state index contributed by atoms with van der Waals surface area (Å²) in [7, 11) is 0. The van der Waals surface area contributed by atoms with Gasteiger partial charge in [0.25, 0.3) is 0 Å². The van der Waals surface area contributed by atoms with Crippen molar-refractivity contribution in [2.24, 2.45) is 0 Å². The van der Waals surface area contributed by atoms with Crippen molar-refractivity contribution in [2.75, 3.05) is 6.54 Å². The minimum absolute atomic E-state index is 0.0780. The Hall–Kier alpha value is -0.890. The number of halogens is 1. The average Bonchev–Trinajstić information content (AvgIpc) is 2.29. The second-order valence-corrected chi connectivity index (χ2v) is 5.02. The summed E-state index contributed by atoms with van der Waals surface area (Å²) in [5.41, 5.74) is 1.97. The van der Waals surface area contributed by atoms with Gasteiger partial charge in [-0.2, -0.15) is 0 Å². The Morgan fingerprint density at radius 2 is 2.00 bits per heavy atom. The molecule has 0 heterocycles. The number of hydrogen-bond acceptors (Lipinski definition) is 1. The van der Waals surface area contributed by atoms with E-state index in [1.807, 2.05) is 19.1 Å². The molecule has 0 saturated heterocycles. The third-order valence-corrected chi connectivity index (χ3v) is 3.13. The molecule has 0 saturated carbocycles. The van der Waals surface area contributed by atoms with Crippen LogP contribution in [0.15, 0.2) is 18.2 Å². The predicted octanol–water partition coefficient (Wildman–Crippen LogP) is 4.02. The Kier molecular flexibility index (Phi) is 5.63. The molecule has 0 aliphatic heterocycles. The Bertz CT molecular complexity index is 349. The molecule has 1 rings (SSSR count). The SMILES string of the molecule is CCCNC(C)CC(C)c1cc(C)ccc1F. The van der Waals surface area contributed by atoms with Crippen molar-refractivity contribution >= 4 is 0 Å². The standard InChI is InChI=1S/C15H24FN/c1-5-8-17-13(4)10-12(3)14-9-11(2)6-7-15(14)16/h6-7,9,12-13,17H,5,8,10H2,1-4H3. The van der Waals surface area contributed by atoms with Crippen LogP contribution >= 0.6 is 0 Å². The Balaban J connectivity index is 2.62. The second kappa shape index (κ2) is 6.75. The van der Waals surface area contributed by atoms with Crippen LogP contribution in [0.3, 0.4) is 0 Å². The van der Waals surface area contributed by atoms with Crippen LogP contribution in [0, 0.1) is 12.7 Å². The highest BCUT2D eigenvalue weighted by atomic mass is 19.1. The van der Waals surface area contributed by atoms with Crippen LogP contribution < -0.4 is 5.32 Å². The number of benzene rings is 1. The van der Waals surface area contributed by atoms with E-state index >= 15 is 0 Å². The van der Waals surface area contributed by atoms with Gasteiger partial charge in [-0.3, -0.25) is 0 Å². The first-order valence-electron chi connectivity index (χ1n) is 6.54. The number of nitrogens with one attached hydrogen (secondary N) is 1. The molecule has 0 spiro atoms. The summed E-state index contributed by atoms with van der Waals surface area (Å²) >= 11 is 0. The Morgan fingerprint density at radius 3 is 2.65 bits per heavy atom. The largest absolute Gasteiger partial charge is 0.314 e. The van der Waals surface area contributed by atoms with Crippen LogP contribution in [-0.4, -0.2) is 12.6 Å². The van der Waals surface area contributed by atoms with E-state index in [9.17, 15) is 4.39 Å². The topological polar surface area (TPSA) is 12.0 Å². The van der Waals surface area contributed by atoms with Gasteiger partial charge in [0.05, 0.1) is 0 Å². The first-order valence-corrected chi connectivity index (χ1v) is 6.54. The lowest BCUT2D eigenvalue weighted by Gasteiger charge is -2.19. The maximum atomic E-state index is 13.7. The van der Waals surface area contributed by atoms with Gasteiger partial charge < -0.3 is 5.32 Å². The van der Waals surface area contributed by atoms with Gasteiger partial charge in [-0.15, -0.1) is 0 Å². The quantitative estimate of drug-likeness (QED) is 0.788. The van der Waals surface area contributed by atoms with Crippen molar-refractivity contribution in [2.45, 2.75) is 52.5 Å². The third-order valence-electron chi connectivity index (χ3n) is 3.13. The molecule has 1 aromatic rings. The van der Waals surface area contributed by atoms with Crippen molar-refractivity contribution in [1.82, 2.24) is 5.32 Å². The average molecular weight is 237 g/mol. The molecule has 0 bridgehead atoms. The zero-order valence-electron chi connectivity index (χ0n) is 11.4. The summed E-state index contributed by atoms with van der Waals surface area (Å²) in [6.45, 7) is 9.46. The molecular weight excluding hydrogens is 213 g/mol. The molecule has 1 N–H and O–H groups in total. The second-order valence-electron chi connectivity index (χ2n) is 5.02. The van der Waals surface area contributed by atoms with Crippen LogP contribution in [0.5, 0.6) is 0 Å². The van der Waals surface area contributed by atoms with E-state index in [0.717, 1.165) is 30.5 Å². The van der Waals surface area contributed by atoms with E-state index in [0.29, 0.717) is 6.04 Å². The summed E-state index contributed by atoms with van der Waals surface area (Å²) in [4.78, 5) is 0. The van der Waals surface area contributed by atoms with Crippen LogP contribution in [0.25, 0.3) is 0 Å². The van der Waals surface area contributed by atoms with Crippen molar-refractivity contribution in [3.63, 3.8) is 0 Å². The van der Waals surface area contributed by atoms with E-state index in [2.05, 4.69) is 26.1 Å². The molecule has 0 amide bonds. The van der Waals surface area contributed by atoms with Crippen LogP contribution in [-0.2, 0) is 0 Å². The van der Waals surface area contributed by atoms with Crippen molar-refractivity contribution in [1.29, 1.82) is 0 Å². The maximum absolute atomic E-state index is 13.7. The lowest BCUT2D eigenvalue weighted by molar-refractivity contribution is 0.468. The molecule has 1 nitrogen and oxygen atoms in total. The van der Waals surface area contributed by atoms with Gasteiger partial charge in [0.2, 0.25) is 0 Å². The molecule has 0 radical (unpaired) electrons. The highest BCUT2D eigenvalue weighted by Gasteiger charge is 2.14. The van der Waals surface area contributed by atoms with Gasteiger partial charge in [-0.1, -0.05) is 31.5 Å². The molecule has 2 heteroatoms. The molecule has 0 fully saturated rings. The molecule has 0 aliphatic rings. The van der Waals surface area contributed by atoms with Gasteiger partial charge in [0.1, 0.15) is 5.82 Å². The molecule has 1 aromatic carbocycles. The minimum atomic E-state index is -0.0780. The molecule has 2 atom stereocenters. The van der Waals surface area contributed by atoms with Crippen molar-refractivity contribution in [3.05, 3.63) is 35.1 Å². The smallest absolute Gasteiger partial charge is 0.126 e. The lowest BCUT2D eigenvalue weighted by Crippen LogP contribution is -2.28. The first-order chi connectivity index (χ1) is 8.04. The van der Waals surface area contributed by atoms with Crippen LogP contribution in [0.1, 0.15) is 50.7 Å². The zero-order valence-corrected chi connectivity index (χ0v) is 11.4. The Morgan fingerprint density at radius 1 is 1.29 bits per heavy atom. The maximum Gasteiger partial charge on any atom is 0.126 e. The normalized spacial score (nSPS) is 14.6. The molecular formula is C15H24FN. The van der Waals surface area contributed by atoms with Gasteiger partial charge in [-0.05, 0) is 50.8 Å². The summed E-state index contributed by atoms with van der Waals surface area (Å²) in [5.74, 6) is 0.181. The number of aryl methyl sites for hydroxylation is 1. The zero-order chi connectivity index (χ0) is 12.8. The van der Waals surface area contributed by atoms with E-state index in [4.69, 9.17) is 0 Å². The molecule has 17 heavy (non-hydrogen) atoms. The van der Waals surface area contributed by atoms with Crippen LogP contribution in [0.4, 0.5) is 4.39 Å². The fraction of sp³-hybridized carbons (Fsp3) is 0.600. The fourth-order valence-corrected chi connectivity index (χ4v) is 2.17. The van der Waals surface area contributed by atoms with Gasteiger partial charge >= 0.3 is 0 Å². The van der Waals surface area contributed by atoms with Crippen molar-refractivity contribution < 1.29 is 4.39 Å². The van der Waals surface area contributed by atoms with Crippen LogP contribution in [0.2, 0.25) is 0 Å². The van der Waals surface area contributed by atoms with E-state index < -0.39 is 0 Å². The molecule has 0 aliphatic carbocycles. The molecule has 96 valence electrons. The summed E-state index contributed by atoms with van der Waals surface area (Å²) in [6, 6.07) is 5.80. The van der Waals surface area contributed by atoms with E-state index in [1.165, 1.54) is 0 Å². The highest BCUT2D eigenvalue weighted by Crippen LogP contribution is 2.24. The molecule has 0 aromatic heterocycles. The fourth-order valence-electron chi connectivity index (χ4n) is 2.17. The first kappa shape index (κ1) is 14.2. The molecule has 2 unspecified atom stereocenters.